The minimum Gasteiger partial charge on any atom is -0.381 e. The topological polar surface area (TPSA) is 38.5 Å². The first-order valence-corrected chi connectivity index (χ1v) is 5.40. The van der Waals surface area contributed by atoms with E-state index in [4.69, 9.17) is 10.5 Å². The highest BCUT2D eigenvalue weighted by Crippen LogP contribution is 2.18. The van der Waals surface area contributed by atoms with Gasteiger partial charge in [-0.1, -0.05) is 0 Å². The Morgan fingerprint density at radius 3 is 2.92 bits per heavy atom. The van der Waals surface area contributed by atoms with E-state index in [1.807, 2.05) is 0 Å². The van der Waals surface area contributed by atoms with Gasteiger partial charge in [0.25, 0.3) is 0 Å². The molecule has 0 aromatic heterocycles. The molecule has 1 unspecified atom stereocenters. The van der Waals surface area contributed by atoms with Crippen LogP contribution >= 0.6 is 0 Å². The molecule has 0 amide bonds. The van der Waals surface area contributed by atoms with Crippen molar-refractivity contribution in [2.45, 2.75) is 25.3 Å². The minimum atomic E-state index is 0.430. The van der Waals surface area contributed by atoms with E-state index in [1.54, 1.807) is 0 Å². The highest BCUT2D eigenvalue weighted by Gasteiger charge is 2.21. The molecule has 2 heterocycles. The molecule has 2 saturated heterocycles. The molecule has 2 atom stereocenters. The zero-order valence-electron chi connectivity index (χ0n) is 8.24. The molecule has 2 aliphatic rings. The van der Waals surface area contributed by atoms with Crippen LogP contribution in [0.4, 0.5) is 0 Å². The first kappa shape index (κ1) is 9.44. The maximum absolute atomic E-state index is 5.84. The predicted octanol–water partition coefficient (Wildman–Crippen LogP) is 0.446. The average molecular weight is 184 g/mol. The van der Waals surface area contributed by atoms with Crippen LogP contribution in [0.2, 0.25) is 0 Å². The Morgan fingerprint density at radius 1 is 1.38 bits per heavy atom. The van der Waals surface area contributed by atoms with Gasteiger partial charge in [-0.3, -0.25) is 0 Å². The molecule has 0 aliphatic carbocycles. The highest BCUT2D eigenvalue weighted by atomic mass is 16.5. The maximum Gasteiger partial charge on any atom is 0.0495 e. The summed E-state index contributed by atoms with van der Waals surface area (Å²) in [7, 11) is 0. The van der Waals surface area contributed by atoms with Crippen molar-refractivity contribution in [3.05, 3.63) is 0 Å². The van der Waals surface area contributed by atoms with Crippen LogP contribution < -0.4 is 5.73 Å². The van der Waals surface area contributed by atoms with E-state index in [0.29, 0.717) is 6.04 Å². The number of hydrogen-bond acceptors (Lipinski definition) is 3. The molecule has 2 fully saturated rings. The Hall–Kier alpha value is -0.120. The molecule has 76 valence electrons. The monoisotopic (exact) mass is 184 g/mol. The Labute approximate surface area is 80.2 Å². The van der Waals surface area contributed by atoms with Crippen LogP contribution in [-0.2, 0) is 4.74 Å². The normalized spacial score (nSPS) is 35.8. The number of ether oxygens (including phenoxy) is 1. The van der Waals surface area contributed by atoms with Crippen molar-refractivity contribution in [2.75, 3.05) is 32.8 Å². The number of likely N-dealkylation sites (tertiary alicyclic amines) is 1. The zero-order valence-corrected chi connectivity index (χ0v) is 8.24. The second kappa shape index (κ2) is 4.40. The summed E-state index contributed by atoms with van der Waals surface area (Å²) in [5, 5.41) is 0. The third-order valence-electron chi connectivity index (χ3n) is 3.19. The molecule has 0 spiro atoms. The fraction of sp³-hybridized carbons (Fsp3) is 1.00. The molecular formula is C10H20N2O. The summed E-state index contributed by atoms with van der Waals surface area (Å²) in [5.41, 5.74) is 5.84. The van der Waals surface area contributed by atoms with Gasteiger partial charge in [0.05, 0.1) is 0 Å². The van der Waals surface area contributed by atoms with Crippen LogP contribution in [0, 0.1) is 5.92 Å². The predicted molar refractivity (Wildman–Crippen MR) is 52.6 cm³/mol. The summed E-state index contributed by atoms with van der Waals surface area (Å²) >= 11 is 0. The zero-order chi connectivity index (χ0) is 9.10. The third-order valence-corrected chi connectivity index (χ3v) is 3.19. The van der Waals surface area contributed by atoms with Gasteiger partial charge in [0.2, 0.25) is 0 Å². The molecule has 0 aromatic carbocycles. The van der Waals surface area contributed by atoms with Crippen molar-refractivity contribution < 1.29 is 4.74 Å². The van der Waals surface area contributed by atoms with Gasteiger partial charge in [0.15, 0.2) is 0 Å². The molecule has 2 N–H and O–H groups in total. The van der Waals surface area contributed by atoms with Gasteiger partial charge in [-0.15, -0.1) is 0 Å². The van der Waals surface area contributed by atoms with E-state index < -0.39 is 0 Å². The number of nitrogens with two attached hydrogens (primary N) is 1. The van der Waals surface area contributed by atoms with E-state index in [-0.39, 0.29) is 0 Å². The lowest BCUT2D eigenvalue weighted by atomic mass is 10.1. The largest absolute Gasteiger partial charge is 0.381 e. The van der Waals surface area contributed by atoms with E-state index >= 15 is 0 Å². The van der Waals surface area contributed by atoms with Crippen molar-refractivity contribution in [3.8, 4) is 0 Å². The van der Waals surface area contributed by atoms with Crippen molar-refractivity contribution in [1.82, 2.24) is 4.90 Å². The molecule has 0 aromatic rings. The summed E-state index contributed by atoms with van der Waals surface area (Å²) < 4.78 is 5.35. The minimum absolute atomic E-state index is 0.430. The number of rotatable bonds is 3. The Balaban J connectivity index is 1.62. The van der Waals surface area contributed by atoms with Gasteiger partial charge in [-0.25, -0.2) is 0 Å². The fourth-order valence-corrected chi connectivity index (χ4v) is 2.24. The van der Waals surface area contributed by atoms with Crippen LogP contribution in [0.1, 0.15) is 19.3 Å². The van der Waals surface area contributed by atoms with Crippen molar-refractivity contribution in [1.29, 1.82) is 0 Å². The Kier molecular flexibility index (Phi) is 3.19. The average Bonchev–Trinajstić information content (AvgIpc) is 2.71. The van der Waals surface area contributed by atoms with Gasteiger partial charge >= 0.3 is 0 Å². The van der Waals surface area contributed by atoms with Gasteiger partial charge < -0.3 is 15.4 Å². The van der Waals surface area contributed by atoms with Crippen molar-refractivity contribution in [3.63, 3.8) is 0 Å². The molecule has 13 heavy (non-hydrogen) atoms. The van der Waals surface area contributed by atoms with E-state index in [1.165, 1.54) is 32.4 Å². The summed E-state index contributed by atoms with van der Waals surface area (Å²) in [6, 6.07) is 0.430. The molecule has 3 heteroatoms. The maximum atomic E-state index is 5.84. The molecule has 0 radical (unpaired) electrons. The second-order valence-electron chi connectivity index (χ2n) is 4.37. The van der Waals surface area contributed by atoms with Gasteiger partial charge in [0, 0.05) is 25.8 Å². The second-order valence-corrected chi connectivity index (χ2v) is 4.37. The number of hydrogen-bond donors (Lipinski definition) is 1. The Bertz CT molecular complexity index is 157. The van der Waals surface area contributed by atoms with Gasteiger partial charge in [0.1, 0.15) is 0 Å². The van der Waals surface area contributed by atoms with Crippen molar-refractivity contribution in [2.24, 2.45) is 11.7 Å². The Morgan fingerprint density at radius 2 is 2.31 bits per heavy atom. The first-order valence-electron chi connectivity index (χ1n) is 5.40. The molecule has 0 bridgehead atoms. The lowest BCUT2D eigenvalue weighted by Gasteiger charge is -2.16. The summed E-state index contributed by atoms with van der Waals surface area (Å²) in [5.74, 6) is 0.817. The molecular weight excluding hydrogens is 164 g/mol. The highest BCUT2D eigenvalue weighted by molar-refractivity contribution is 4.78. The van der Waals surface area contributed by atoms with Crippen LogP contribution in [0.3, 0.4) is 0 Å². The summed E-state index contributed by atoms with van der Waals surface area (Å²) in [4.78, 5) is 2.49. The van der Waals surface area contributed by atoms with E-state index in [0.717, 1.165) is 25.7 Å². The van der Waals surface area contributed by atoms with Crippen LogP contribution in [0.15, 0.2) is 0 Å². The van der Waals surface area contributed by atoms with Gasteiger partial charge in [-0.05, 0) is 38.3 Å². The molecule has 2 rings (SSSR count). The van der Waals surface area contributed by atoms with Crippen LogP contribution in [0.5, 0.6) is 0 Å². The van der Waals surface area contributed by atoms with Crippen LogP contribution in [0.25, 0.3) is 0 Å². The van der Waals surface area contributed by atoms with Gasteiger partial charge in [-0.2, -0.15) is 0 Å². The SMILES string of the molecule is N[C@H]1CCN(CCC2CCOC2)C1. The summed E-state index contributed by atoms with van der Waals surface area (Å²) in [6.45, 7) is 5.49. The fourth-order valence-electron chi connectivity index (χ4n) is 2.24. The molecule has 0 saturated carbocycles. The van der Waals surface area contributed by atoms with E-state index in [2.05, 4.69) is 4.90 Å². The van der Waals surface area contributed by atoms with E-state index in [9.17, 15) is 0 Å². The third kappa shape index (κ3) is 2.66. The molecule has 3 nitrogen and oxygen atoms in total. The standard InChI is InChI=1S/C10H20N2O/c11-10-2-5-12(7-10)4-1-9-3-6-13-8-9/h9-10H,1-8,11H2/t9?,10-/m0/s1. The van der Waals surface area contributed by atoms with Crippen molar-refractivity contribution >= 4 is 0 Å². The molecule has 2 aliphatic heterocycles. The lowest BCUT2D eigenvalue weighted by molar-refractivity contribution is 0.180. The number of nitrogens with zero attached hydrogens (tertiary/aromatic N) is 1. The smallest absolute Gasteiger partial charge is 0.0495 e. The quantitative estimate of drug-likeness (QED) is 0.692. The van der Waals surface area contributed by atoms with Crippen LogP contribution in [-0.4, -0.2) is 43.8 Å². The summed E-state index contributed by atoms with van der Waals surface area (Å²) in [6.07, 6.45) is 3.74. The first-order chi connectivity index (χ1) is 6.34. The lowest BCUT2D eigenvalue weighted by Crippen LogP contribution is -2.28.